The van der Waals surface area contributed by atoms with Gasteiger partial charge in [-0.25, -0.2) is 4.79 Å². The monoisotopic (exact) mass is 263 g/mol. The fraction of sp³-hybridized carbons (Fsp3) is 0.385. The van der Waals surface area contributed by atoms with Gasteiger partial charge >= 0.3 is 6.03 Å². The molecule has 19 heavy (non-hydrogen) atoms. The predicted molar refractivity (Wildman–Crippen MR) is 70.7 cm³/mol. The smallest absolute Gasteiger partial charge is 0.321 e. The van der Waals surface area contributed by atoms with Gasteiger partial charge in [0.1, 0.15) is 0 Å². The van der Waals surface area contributed by atoms with Crippen molar-refractivity contribution in [2.45, 2.75) is 6.10 Å². The summed E-state index contributed by atoms with van der Waals surface area (Å²) in [6.45, 7) is 0.332. The lowest BCUT2D eigenvalue weighted by Gasteiger charge is -2.20. The van der Waals surface area contributed by atoms with Crippen LogP contribution in [-0.2, 0) is 4.74 Å². The van der Waals surface area contributed by atoms with E-state index >= 15 is 0 Å². The zero-order valence-electron chi connectivity index (χ0n) is 11.0. The van der Waals surface area contributed by atoms with Crippen molar-refractivity contribution in [3.05, 3.63) is 29.8 Å². The third kappa shape index (κ3) is 4.95. The maximum atomic E-state index is 11.8. The Labute approximate surface area is 112 Å². The van der Waals surface area contributed by atoms with Crippen molar-refractivity contribution < 1.29 is 14.6 Å². The molecule has 0 aliphatic carbocycles. The molecule has 1 aromatic rings. The summed E-state index contributed by atoms with van der Waals surface area (Å²) >= 11 is 0. The standard InChI is InChI=1S/C13H17N3O3/c1-16(8-12(17)9-19-2)13(18)15-11-5-3-4-10(6-11)7-14/h3-6,12,17H,8-9H2,1-2H3,(H,15,18). The molecule has 6 heteroatoms. The van der Waals surface area contributed by atoms with Gasteiger partial charge in [0.2, 0.25) is 0 Å². The van der Waals surface area contributed by atoms with Crippen molar-refractivity contribution in [3.63, 3.8) is 0 Å². The fourth-order valence-electron chi connectivity index (χ4n) is 1.53. The third-order valence-electron chi connectivity index (χ3n) is 2.43. The molecular weight excluding hydrogens is 246 g/mol. The topological polar surface area (TPSA) is 85.6 Å². The molecule has 0 spiro atoms. The minimum Gasteiger partial charge on any atom is -0.389 e. The van der Waals surface area contributed by atoms with Crippen LogP contribution in [0.15, 0.2) is 24.3 Å². The second kappa shape index (κ2) is 7.36. The maximum Gasteiger partial charge on any atom is 0.321 e. The molecule has 0 heterocycles. The van der Waals surface area contributed by atoms with E-state index in [4.69, 9.17) is 10.00 Å². The number of carbonyl (C=O) groups excluding carboxylic acids is 1. The van der Waals surface area contributed by atoms with Crippen molar-refractivity contribution in [2.75, 3.05) is 32.6 Å². The van der Waals surface area contributed by atoms with Crippen molar-refractivity contribution in [3.8, 4) is 6.07 Å². The van der Waals surface area contributed by atoms with E-state index in [0.717, 1.165) is 0 Å². The van der Waals surface area contributed by atoms with Crippen molar-refractivity contribution >= 4 is 11.7 Å². The summed E-state index contributed by atoms with van der Waals surface area (Å²) in [6, 6.07) is 8.26. The number of amides is 2. The normalized spacial score (nSPS) is 11.5. The highest BCUT2D eigenvalue weighted by Crippen LogP contribution is 2.10. The highest BCUT2D eigenvalue weighted by atomic mass is 16.5. The number of nitriles is 1. The first-order chi connectivity index (χ1) is 9.06. The van der Waals surface area contributed by atoms with Gasteiger partial charge in [0.05, 0.1) is 30.9 Å². The Morgan fingerprint density at radius 1 is 1.63 bits per heavy atom. The molecule has 2 N–H and O–H groups in total. The number of hydrogen-bond acceptors (Lipinski definition) is 4. The van der Waals surface area contributed by atoms with E-state index < -0.39 is 6.10 Å². The van der Waals surface area contributed by atoms with Crippen LogP contribution < -0.4 is 5.32 Å². The van der Waals surface area contributed by atoms with E-state index in [-0.39, 0.29) is 19.2 Å². The Morgan fingerprint density at radius 3 is 3.00 bits per heavy atom. The van der Waals surface area contributed by atoms with Crippen LogP contribution in [-0.4, -0.2) is 49.5 Å². The SMILES string of the molecule is COCC(O)CN(C)C(=O)Nc1cccc(C#N)c1. The molecule has 0 saturated carbocycles. The number of nitrogens with one attached hydrogen (secondary N) is 1. The van der Waals surface area contributed by atoms with Crippen molar-refractivity contribution in [1.82, 2.24) is 4.90 Å². The first-order valence-corrected chi connectivity index (χ1v) is 5.76. The lowest BCUT2D eigenvalue weighted by Crippen LogP contribution is -2.38. The van der Waals surface area contributed by atoms with Gasteiger partial charge in [0, 0.05) is 19.8 Å². The van der Waals surface area contributed by atoms with Crippen LogP contribution in [0.1, 0.15) is 5.56 Å². The summed E-state index contributed by atoms with van der Waals surface area (Å²) in [5.74, 6) is 0. The molecule has 2 amide bonds. The molecule has 1 aromatic carbocycles. The molecule has 0 aliphatic rings. The predicted octanol–water partition coefficient (Wildman–Crippen LogP) is 1.03. The van der Waals surface area contributed by atoms with Crippen LogP contribution in [0.2, 0.25) is 0 Å². The largest absolute Gasteiger partial charge is 0.389 e. The average Bonchev–Trinajstić information content (AvgIpc) is 2.39. The molecule has 0 aromatic heterocycles. The first-order valence-electron chi connectivity index (χ1n) is 5.76. The molecule has 6 nitrogen and oxygen atoms in total. The number of benzene rings is 1. The van der Waals surface area contributed by atoms with Crippen LogP contribution in [0.4, 0.5) is 10.5 Å². The van der Waals surface area contributed by atoms with Crippen LogP contribution in [0.25, 0.3) is 0 Å². The number of likely N-dealkylation sites (N-methyl/N-ethyl adjacent to an activating group) is 1. The number of methoxy groups -OCH3 is 1. The Balaban J connectivity index is 2.56. The van der Waals surface area contributed by atoms with E-state index in [2.05, 4.69) is 5.32 Å². The van der Waals surface area contributed by atoms with Crippen LogP contribution in [0, 0.1) is 11.3 Å². The number of anilines is 1. The Morgan fingerprint density at radius 2 is 2.37 bits per heavy atom. The second-order valence-corrected chi connectivity index (χ2v) is 4.11. The van der Waals surface area contributed by atoms with Crippen molar-refractivity contribution in [2.24, 2.45) is 0 Å². The van der Waals surface area contributed by atoms with E-state index in [0.29, 0.717) is 11.3 Å². The van der Waals surface area contributed by atoms with Gasteiger partial charge in [0.15, 0.2) is 0 Å². The Hall–Kier alpha value is -2.10. The number of nitrogens with zero attached hydrogens (tertiary/aromatic N) is 2. The van der Waals surface area contributed by atoms with Gasteiger partial charge in [-0.05, 0) is 18.2 Å². The summed E-state index contributed by atoms with van der Waals surface area (Å²) in [4.78, 5) is 13.2. The summed E-state index contributed by atoms with van der Waals surface area (Å²) in [5.41, 5.74) is 1.01. The quantitative estimate of drug-likeness (QED) is 0.830. The van der Waals surface area contributed by atoms with Crippen LogP contribution >= 0.6 is 0 Å². The molecule has 0 saturated heterocycles. The molecular formula is C13H17N3O3. The highest BCUT2D eigenvalue weighted by Gasteiger charge is 2.13. The Kier molecular flexibility index (Phi) is 5.79. The highest BCUT2D eigenvalue weighted by molar-refractivity contribution is 5.89. The molecule has 1 unspecified atom stereocenters. The zero-order valence-corrected chi connectivity index (χ0v) is 11.0. The summed E-state index contributed by atoms with van der Waals surface area (Å²) in [6.07, 6.45) is -0.730. The molecule has 0 radical (unpaired) electrons. The van der Waals surface area contributed by atoms with E-state index in [1.807, 2.05) is 6.07 Å². The minimum absolute atomic E-state index is 0.164. The molecule has 1 atom stereocenters. The lowest BCUT2D eigenvalue weighted by molar-refractivity contribution is 0.0501. The molecule has 1 rings (SSSR count). The van der Waals surface area contributed by atoms with E-state index in [9.17, 15) is 9.90 Å². The Bertz CT molecular complexity index is 470. The van der Waals surface area contributed by atoms with E-state index in [1.165, 1.54) is 12.0 Å². The number of aliphatic hydroxyl groups excluding tert-OH is 1. The number of urea groups is 1. The summed E-state index contributed by atoms with van der Waals surface area (Å²) in [5, 5.41) is 20.9. The van der Waals surface area contributed by atoms with Gasteiger partial charge in [-0.2, -0.15) is 5.26 Å². The third-order valence-corrected chi connectivity index (χ3v) is 2.43. The molecule has 102 valence electrons. The molecule has 0 bridgehead atoms. The average molecular weight is 263 g/mol. The molecule has 0 fully saturated rings. The van der Waals surface area contributed by atoms with Gasteiger partial charge in [-0.15, -0.1) is 0 Å². The molecule has 0 aliphatic heterocycles. The van der Waals surface area contributed by atoms with Gasteiger partial charge in [-0.3, -0.25) is 0 Å². The van der Waals surface area contributed by atoms with Crippen molar-refractivity contribution in [1.29, 1.82) is 5.26 Å². The van der Waals surface area contributed by atoms with Gasteiger partial charge < -0.3 is 20.1 Å². The summed E-state index contributed by atoms with van der Waals surface area (Å²) < 4.78 is 4.79. The fourth-order valence-corrected chi connectivity index (χ4v) is 1.53. The summed E-state index contributed by atoms with van der Waals surface area (Å²) in [7, 11) is 3.05. The number of aliphatic hydroxyl groups is 1. The van der Waals surface area contributed by atoms with Gasteiger partial charge in [-0.1, -0.05) is 6.07 Å². The first kappa shape index (κ1) is 15.0. The number of carbonyl (C=O) groups is 1. The van der Waals surface area contributed by atoms with Crippen LogP contribution in [0.3, 0.4) is 0 Å². The maximum absolute atomic E-state index is 11.8. The number of rotatable bonds is 5. The number of hydrogen-bond donors (Lipinski definition) is 2. The second-order valence-electron chi connectivity index (χ2n) is 4.11. The van der Waals surface area contributed by atoms with E-state index in [1.54, 1.807) is 31.3 Å². The minimum atomic E-state index is -0.730. The van der Waals surface area contributed by atoms with Gasteiger partial charge in [0.25, 0.3) is 0 Å². The zero-order chi connectivity index (χ0) is 14.3. The number of ether oxygens (including phenoxy) is 1. The lowest BCUT2D eigenvalue weighted by atomic mass is 10.2. The van der Waals surface area contributed by atoms with Crippen LogP contribution in [0.5, 0.6) is 0 Å².